The number of nitrogens with zero attached hydrogens (tertiary/aromatic N) is 2. The number of thiazole rings is 1. The van der Waals surface area contributed by atoms with Gasteiger partial charge in [-0.3, -0.25) is 0 Å². The first kappa shape index (κ1) is 9.85. The van der Waals surface area contributed by atoms with E-state index < -0.39 is 0 Å². The topological polar surface area (TPSA) is 25.4 Å². The van der Waals surface area contributed by atoms with E-state index in [-0.39, 0.29) is 0 Å². The van der Waals surface area contributed by atoms with Gasteiger partial charge in [0.15, 0.2) is 5.13 Å². The van der Waals surface area contributed by atoms with Crippen LogP contribution in [0.15, 0.2) is 18.2 Å². The smallest absolute Gasteiger partial charge is 0.186 e. The Kier molecular flexibility index (Phi) is 1.99. The third kappa shape index (κ3) is 1.47. The second-order valence-electron chi connectivity index (χ2n) is 4.94. The number of para-hydroxylation sites is 1. The van der Waals surface area contributed by atoms with E-state index in [4.69, 9.17) is 9.72 Å². The summed E-state index contributed by atoms with van der Waals surface area (Å²) in [5.41, 5.74) is 2.43. The van der Waals surface area contributed by atoms with E-state index in [1.54, 1.807) is 11.3 Å². The van der Waals surface area contributed by atoms with Crippen molar-refractivity contribution in [1.29, 1.82) is 0 Å². The Hall–Kier alpha value is -1.13. The van der Waals surface area contributed by atoms with Crippen molar-refractivity contribution in [1.82, 2.24) is 4.98 Å². The van der Waals surface area contributed by atoms with Gasteiger partial charge < -0.3 is 9.64 Å². The van der Waals surface area contributed by atoms with Gasteiger partial charge in [0, 0.05) is 19.5 Å². The first-order valence-electron chi connectivity index (χ1n) is 6.06. The second kappa shape index (κ2) is 3.43. The van der Waals surface area contributed by atoms with Crippen LogP contribution in [0.1, 0.15) is 12.0 Å². The van der Waals surface area contributed by atoms with Crippen LogP contribution in [0.5, 0.6) is 0 Å². The van der Waals surface area contributed by atoms with Crippen molar-refractivity contribution >= 4 is 26.7 Å². The van der Waals surface area contributed by atoms with Crippen LogP contribution >= 0.6 is 11.3 Å². The summed E-state index contributed by atoms with van der Waals surface area (Å²) in [6.45, 7) is 4.15. The molecule has 0 aliphatic carbocycles. The third-order valence-corrected chi connectivity index (χ3v) is 4.72. The molecule has 3 nitrogen and oxygen atoms in total. The Morgan fingerprint density at radius 3 is 2.82 bits per heavy atom. The first-order valence-corrected chi connectivity index (χ1v) is 6.88. The molecular formula is C13H14N2OS. The fraction of sp³-hybridized carbons (Fsp3) is 0.462. The van der Waals surface area contributed by atoms with Gasteiger partial charge in [-0.15, -0.1) is 0 Å². The second-order valence-corrected chi connectivity index (χ2v) is 5.95. The Labute approximate surface area is 104 Å². The van der Waals surface area contributed by atoms with Crippen LogP contribution in [0.3, 0.4) is 0 Å². The Morgan fingerprint density at radius 1 is 1.35 bits per heavy atom. The molecule has 3 aliphatic rings. The van der Waals surface area contributed by atoms with E-state index in [1.807, 2.05) is 0 Å². The van der Waals surface area contributed by atoms with Crippen molar-refractivity contribution < 1.29 is 4.74 Å². The number of morpholine rings is 1. The lowest BCUT2D eigenvalue weighted by atomic mass is 9.99. The van der Waals surface area contributed by atoms with Gasteiger partial charge >= 0.3 is 0 Å². The maximum atomic E-state index is 5.66. The normalized spacial score (nSPS) is 27.2. The molecule has 5 rings (SSSR count). The van der Waals surface area contributed by atoms with E-state index in [9.17, 15) is 0 Å². The molecular weight excluding hydrogens is 232 g/mol. The summed E-state index contributed by atoms with van der Waals surface area (Å²) in [4.78, 5) is 7.16. The molecule has 0 amide bonds. The van der Waals surface area contributed by atoms with Gasteiger partial charge in [-0.2, -0.15) is 0 Å². The molecule has 4 heterocycles. The molecule has 0 N–H and O–H groups in total. The van der Waals surface area contributed by atoms with Crippen LogP contribution in [-0.4, -0.2) is 30.3 Å². The van der Waals surface area contributed by atoms with Crippen molar-refractivity contribution in [3.05, 3.63) is 23.8 Å². The summed E-state index contributed by atoms with van der Waals surface area (Å²) in [5.74, 6) is 0. The van der Waals surface area contributed by atoms with E-state index >= 15 is 0 Å². The van der Waals surface area contributed by atoms with E-state index in [0.29, 0.717) is 12.2 Å². The molecule has 2 unspecified atom stereocenters. The van der Waals surface area contributed by atoms with Crippen molar-refractivity contribution in [3.8, 4) is 0 Å². The maximum absolute atomic E-state index is 5.66. The summed E-state index contributed by atoms with van der Waals surface area (Å²) in [7, 11) is 0. The molecule has 17 heavy (non-hydrogen) atoms. The van der Waals surface area contributed by atoms with E-state index in [2.05, 4.69) is 30.0 Å². The summed E-state index contributed by atoms with van der Waals surface area (Å²) < 4.78 is 6.95. The number of aryl methyl sites for hydroxylation is 1. The van der Waals surface area contributed by atoms with Crippen LogP contribution in [0.2, 0.25) is 0 Å². The maximum Gasteiger partial charge on any atom is 0.186 e. The Balaban J connectivity index is 1.73. The molecule has 3 aliphatic heterocycles. The lowest BCUT2D eigenvalue weighted by Crippen LogP contribution is -2.57. The number of benzene rings is 1. The average Bonchev–Trinajstić information content (AvgIpc) is 2.74. The number of aromatic nitrogens is 1. The van der Waals surface area contributed by atoms with Crippen LogP contribution < -0.4 is 4.90 Å². The summed E-state index contributed by atoms with van der Waals surface area (Å²) in [6, 6.07) is 6.39. The highest BCUT2D eigenvalue weighted by atomic mass is 32.1. The largest absolute Gasteiger partial charge is 0.371 e. The minimum Gasteiger partial charge on any atom is -0.371 e. The van der Waals surface area contributed by atoms with Gasteiger partial charge in [0.05, 0.1) is 22.4 Å². The van der Waals surface area contributed by atoms with Gasteiger partial charge in [-0.25, -0.2) is 4.98 Å². The molecule has 0 radical (unpaired) electrons. The van der Waals surface area contributed by atoms with E-state index in [1.165, 1.54) is 16.7 Å². The lowest BCUT2D eigenvalue weighted by molar-refractivity contribution is -0.133. The van der Waals surface area contributed by atoms with Gasteiger partial charge in [0.25, 0.3) is 0 Å². The third-order valence-electron chi connectivity index (χ3n) is 3.64. The minimum atomic E-state index is 0.446. The molecule has 1 aromatic heterocycles. The molecule has 3 saturated heterocycles. The van der Waals surface area contributed by atoms with Crippen LogP contribution in [0.4, 0.5) is 5.13 Å². The van der Waals surface area contributed by atoms with Gasteiger partial charge in [0.2, 0.25) is 0 Å². The van der Waals surface area contributed by atoms with Gasteiger partial charge in [0.1, 0.15) is 0 Å². The fourth-order valence-electron chi connectivity index (χ4n) is 2.72. The zero-order valence-electron chi connectivity index (χ0n) is 9.72. The van der Waals surface area contributed by atoms with Gasteiger partial charge in [-0.05, 0) is 18.6 Å². The first-order chi connectivity index (χ1) is 8.29. The van der Waals surface area contributed by atoms with Crippen LogP contribution in [0, 0.1) is 6.92 Å². The fourth-order valence-corrected chi connectivity index (χ4v) is 3.78. The van der Waals surface area contributed by atoms with Gasteiger partial charge in [-0.1, -0.05) is 23.5 Å². The molecule has 1 aromatic carbocycles. The number of piperidine rings is 1. The van der Waals surface area contributed by atoms with Crippen LogP contribution in [-0.2, 0) is 4.74 Å². The lowest BCUT2D eigenvalue weighted by Gasteiger charge is -2.46. The number of anilines is 1. The predicted molar refractivity (Wildman–Crippen MR) is 69.8 cm³/mol. The highest BCUT2D eigenvalue weighted by Crippen LogP contribution is 2.35. The number of ether oxygens (including phenoxy) is 1. The van der Waals surface area contributed by atoms with Crippen molar-refractivity contribution in [2.24, 2.45) is 0 Å². The van der Waals surface area contributed by atoms with Crippen molar-refractivity contribution in [2.75, 3.05) is 18.0 Å². The molecule has 0 spiro atoms. The minimum absolute atomic E-state index is 0.446. The van der Waals surface area contributed by atoms with Crippen molar-refractivity contribution in [2.45, 2.75) is 25.6 Å². The Bertz CT molecular complexity index is 564. The zero-order valence-corrected chi connectivity index (χ0v) is 10.5. The molecule has 0 saturated carbocycles. The Morgan fingerprint density at radius 2 is 2.12 bits per heavy atom. The number of rotatable bonds is 1. The molecule has 88 valence electrons. The average molecular weight is 246 g/mol. The highest BCUT2D eigenvalue weighted by Gasteiger charge is 2.39. The molecule has 2 aromatic rings. The monoisotopic (exact) mass is 246 g/mol. The molecule has 3 fully saturated rings. The summed E-state index contributed by atoms with van der Waals surface area (Å²) in [5, 5.41) is 1.16. The number of hydrogen-bond donors (Lipinski definition) is 0. The molecule has 2 atom stereocenters. The summed E-state index contributed by atoms with van der Waals surface area (Å²) in [6.07, 6.45) is 2.13. The SMILES string of the molecule is Cc1cccc2sc(N3CC4CC(C3)O4)nc12. The number of fused-ring (bicyclic) bond motifs is 3. The molecule has 2 bridgehead atoms. The highest BCUT2D eigenvalue weighted by molar-refractivity contribution is 7.22. The van der Waals surface area contributed by atoms with Crippen molar-refractivity contribution in [3.63, 3.8) is 0 Å². The zero-order chi connectivity index (χ0) is 11.4. The standard InChI is InChI=1S/C13H14N2OS/c1-8-3-2-4-11-12(8)14-13(17-11)15-6-9-5-10(7-15)16-9/h2-4,9-10H,5-7H2,1H3. The summed E-state index contributed by atoms with van der Waals surface area (Å²) >= 11 is 1.80. The quantitative estimate of drug-likeness (QED) is 0.773. The van der Waals surface area contributed by atoms with Crippen LogP contribution in [0.25, 0.3) is 10.2 Å². The number of hydrogen-bond acceptors (Lipinski definition) is 4. The molecule has 4 heteroatoms. The predicted octanol–water partition coefficient (Wildman–Crippen LogP) is 2.58. The van der Waals surface area contributed by atoms with E-state index in [0.717, 1.165) is 23.7 Å².